The fourth-order valence-corrected chi connectivity index (χ4v) is 19.3. The highest BCUT2D eigenvalue weighted by Crippen LogP contribution is 2.52. The van der Waals surface area contributed by atoms with E-state index in [1.54, 1.807) is 0 Å². The number of para-hydroxylation sites is 4. The summed E-state index contributed by atoms with van der Waals surface area (Å²) in [5.74, 6) is 0.652. The van der Waals surface area contributed by atoms with Crippen molar-refractivity contribution in [3.63, 3.8) is 0 Å². The Morgan fingerprint density at radius 1 is 0.188 bits per heavy atom. The number of hydrogen-bond acceptors (Lipinski definition) is 2. The first-order valence-corrected chi connectivity index (χ1v) is 38.9. The van der Waals surface area contributed by atoms with Crippen molar-refractivity contribution in [3.05, 3.63) is 386 Å². The van der Waals surface area contributed by atoms with E-state index in [1.165, 1.54) is 121 Å². The standard InChI is InChI=1S/C106H72N6/c1-105(2)90-33-17-11-27-78(90)80-49-47-74(62-92(80)105)109-96-35-19-13-29-82(96)86-57-69(43-51-100(86)109)71-45-53-102-88(59-71)84-31-15-21-37-98(84)111(102)76-55-73(95-64-94(67-25-9-6-10-26-67)107-104(108-95)68-41-39-66(40-42-68)65-23-7-5-8-24-65)56-77(61-76)112-99-38-22-16-32-85(99)89-60-72(46-54-103(89)112)70-44-52-101-87(58-70)83-30-14-20-36-97(83)110(101)75-48-50-81-79-28-12-18-34-91(79)106(3,4)93(81)63-75/h5-64H,1-4H3. The molecule has 21 aromatic rings. The zero-order valence-corrected chi connectivity index (χ0v) is 62.3. The van der Waals surface area contributed by atoms with E-state index >= 15 is 0 Å². The monoisotopic (exact) mass is 1430 g/mol. The summed E-state index contributed by atoms with van der Waals surface area (Å²) in [4.78, 5) is 11.0. The van der Waals surface area contributed by atoms with Gasteiger partial charge in [-0.05, 0) is 199 Å². The molecule has 526 valence electrons. The number of rotatable bonds is 10. The van der Waals surface area contributed by atoms with Crippen molar-refractivity contribution < 1.29 is 0 Å². The highest BCUT2D eigenvalue weighted by molar-refractivity contribution is 6.15. The maximum absolute atomic E-state index is 5.63. The van der Waals surface area contributed by atoms with Gasteiger partial charge in [-0.1, -0.05) is 270 Å². The van der Waals surface area contributed by atoms with Crippen LogP contribution in [-0.2, 0) is 10.8 Å². The number of fused-ring (bicyclic) bond motifs is 18. The van der Waals surface area contributed by atoms with Crippen molar-refractivity contribution in [1.82, 2.24) is 28.2 Å². The first kappa shape index (κ1) is 63.9. The Balaban J connectivity index is 0.688. The molecule has 0 amide bonds. The molecule has 16 aromatic carbocycles. The van der Waals surface area contributed by atoms with Crippen LogP contribution in [0.15, 0.2) is 364 Å². The van der Waals surface area contributed by atoms with Crippen molar-refractivity contribution in [2.45, 2.75) is 38.5 Å². The number of aromatic nitrogens is 6. The summed E-state index contributed by atoms with van der Waals surface area (Å²) in [6.45, 7) is 9.46. The van der Waals surface area contributed by atoms with Gasteiger partial charge in [0.25, 0.3) is 0 Å². The Morgan fingerprint density at radius 3 is 0.902 bits per heavy atom. The van der Waals surface area contributed by atoms with E-state index in [1.807, 2.05) is 0 Å². The molecule has 0 fully saturated rings. The third kappa shape index (κ3) is 9.58. The molecule has 112 heavy (non-hydrogen) atoms. The summed E-state index contributed by atoms with van der Waals surface area (Å²) in [5, 5.41) is 9.59. The minimum Gasteiger partial charge on any atom is -0.309 e. The summed E-state index contributed by atoms with van der Waals surface area (Å²) >= 11 is 0. The summed E-state index contributed by atoms with van der Waals surface area (Å²) < 4.78 is 9.88. The molecular formula is C106H72N6. The molecule has 0 radical (unpaired) electrons. The minimum absolute atomic E-state index is 0.120. The Kier molecular flexibility index (Phi) is 13.8. The van der Waals surface area contributed by atoms with Gasteiger partial charge < -0.3 is 18.3 Å². The molecule has 0 bridgehead atoms. The summed E-state index contributed by atoms with van der Waals surface area (Å²) in [7, 11) is 0. The second kappa shape index (κ2) is 24.1. The zero-order chi connectivity index (χ0) is 74.2. The average molecular weight is 1430 g/mol. The largest absolute Gasteiger partial charge is 0.309 e. The molecule has 6 nitrogen and oxygen atoms in total. The van der Waals surface area contributed by atoms with Crippen LogP contribution in [0.2, 0.25) is 0 Å². The second-order valence-corrected chi connectivity index (χ2v) is 31.6. The lowest BCUT2D eigenvalue weighted by Gasteiger charge is -2.22. The second-order valence-electron chi connectivity index (χ2n) is 31.6. The highest BCUT2D eigenvalue weighted by Gasteiger charge is 2.37. The molecule has 6 heteroatoms. The lowest BCUT2D eigenvalue weighted by Crippen LogP contribution is -2.15. The molecule has 0 saturated carbocycles. The van der Waals surface area contributed by atoms with Gasteiger partial charge in [-0.3, -0.25) is 0 Å². The van der Waals surface area contributed by atoms with Crippen molar-refractivity contribution in [1.29, 1.82) is 0 Å². The van der Waals surface area contributed by atoms with Crippen LogP contribution in [0, 0.1) is 0 Å². The van der Waals surface area contributed by atoms with Gasteiger partial charge in [-0.25, -0.2) is 9.97 Å². The van der Waals surface area contributed by atoms with Crippen LogP contribution in [0.4, 0.5) is 0 Å². The maximum atomic E-state index is 5.63. The molecule has 0 saturated heterocycles. The van der Waals surface area contributed by atoms with Crippen LogP contribution in [0.5, 0.6) is 0 Å². The Hall–Kier alpha value is -14.2. The SMILES string of the molecule is CC1(C)c2ccccc2-c2ccc(-n3c4ccccc4c4cc(-c5ccc6c(c5)c5ccccc5n6-c5cc(-c6cc(-c7ccccc7)nc(-c7ccc(-c8ccccc8)cc7)n6)cc(-n6c7ccccc7c7cc(-c8ccc9c(c8)c8ccccc8n9-c8ccc9c(c8)C(C)(C)c8ccccc8-9)ccc76)c5)ccc43)cc21. The quantitative estimate of drug-likeness (QED) is 0.137. The Bertz CT molecular complexity index is 7180. The summed E-state index contributed by atoms with van der Waals surface area (Å²) in [5.41, 5.74) is 35.6. The van der Waals surface area contributed by atoms with Crippen LogP contribution in [-0.4, -0.2) is 28.2 Å². The predicted molar refractivity (Wildman–Crippen MR) is 467 cm³/mol. The van der Waals surface area contributed by atoms with Gasteiger partial charge >= 0.3 is 0 Å². The van der Waals surface area contributed by atoms with Crippen molar-refractivity contribution in [2.24, 2.45) is 0 Å². The van der Waals surface area contributed by atoms with Gasteiger partial charge in [-0.15, -0.1) is 0 Å². The predicted octanol–water partition coefficient (Wildman–Crippen LogP) is 27.5. The molecular weight excluding hydrogens is 1360 g/mol. The van der Waals surface area contributed by atoms with Crippen molar-refractivity contribution in [2.75, 3.05) is 0 Å². The summed E-state index contributed by atoms with van der Waals surface area (Å²) in [6, 6.07) is 135. The van der Waals surface area contributed by atoms with E-state index in [4.69, 9.17) is 9.97 Å². The van der Waals surface area contributed by atoms with Crippen LogP contribution in [0.1, 0.15) is 49.9 Å². The first-order valence-electron chi connectivity index (χ1n) is 38.9. The van der Waals surface area contributed by atoms with E-state index < -0.39 is 0 Å². The topological polar surface area (TPSA) is 45.5 Å². The fourth-order valence-electron chi connectivity index (χ4n) is 19.3. The molecule has 5 aromatic heterocycles. The van der Waals surface area contributed by atoms with Crippen LogP contribution >= 0.6 is 0 Å². The van der Waals surface area contributed by atoms with E-state index in [0.717, 1.165) is 94.9 Å². The van der Waals surface area contributed by atoms with Crippen LogP contribution in [0.25, 0.3) is 200 Å². The molecule has 2 aliphatic rings. The number of hydrogen-bond donors (Lipinski definition) is 0. The third-order valence-corrected chi connectivity index (χ3v) is 24.8. The summed E-state index contributed by atoms with van der Waals surface area (Å²) in [6.07, 6.45) is 0. The van der Waals surface area contributed by atoms with E-state index in [-0.39, 0.29) is 10.8 Å². The maximum Gasteiger partial charge on any atom is 0.160 e. The van der Waals surface area contributed by atoms with Gasteiger partial charge in [0.15, 0.2) is 5.82 Å². The molecule has 0 spiro atoms. The van der Waals surface area contributed by atoms with Crippen LogP contribution in [0.3, 0.4) is 0 Å². The van der Waals surface area contributed by atoms with Gasteiger partial charge in [0, 0.05) is 93.4 Å². The van der Waals surface area contributed by atoms with E-state index in [2.05, 4.69) is 410 Å². The molecule has 5 heterocycles. The molecule has 0 unspecified atom stereocenters. The van der Waals surface area contributed by atoms with Gasteiger partial charge in [0.1, 0.15) is 0 Å². The smallest absolute Gasteiger partial charge is 0.160 e. The van der Waals surface area contributed by atoms with Gasteiger partial charge in [0.05, 0.1) is 55.5 Å². The Morgan fingerprint density at radius 2 is 0.491 bits per heavy atom. The molecule has 23 rings (SSSR count). The first-order chi connectivity index (χ1) is 55.0. The zero-order valence-electron chi connectivity index (χ0n) is 62.3. The average Bonchev–Trinajstić information content (AvgIpc) is 1.59. The third-order valence-electron chi connectivity index (χ3n) is 24.8. The van der Waals surface area contributed by atoms with E-state index in [9.17, 15) is 0 Å². The lowest BCUT2D eigenvalue weighted by molar-refractivity contribution is 0.660. The number of benzene rings is 16. The fraction of sp³-hybridized carbons (Fsp3) is 0.0566. The molecule has 2 aliphatic carbocycles. The minimum atomic E-state index is -0.120. The van der Waals surface area contributed by atoms with Gasteiger partial charge in [-0.2, -0.15) is 0 Å². The van der Waals surface area contributed by atoms with Gasteiger partial charge in [0.2, 0.25) is 0 Å². The molecule has 0 N–H and O–H groups in total. The van der Waals surface area contributed by atoms with Crippen molar-refractivity contribution >= 4 is 87.2 Å². The molecule has 0 atom stereocenters. The molecule has 0 aliphatic heterocycles. The highest BCUT2D eigenvalue weighted by atomic mass is 15.0. The number of nitrogens with zero attached hydrogens (tertiary/aromatic N) is 6. The van der Waals surface area contributed by atoms with Crippen molar-refractivity contribution in [3.8, 4) is 112 Å². The normalized spacial score (nSPS) is 13.3. The Labute approximate surface area is 648 Å². The lowest BCUT2D eigenvalue weighted by atomic mass is 9.82. The van der Waals surface area contributed by atoms with E-state index in [0.29, 0.717) is 5.82 Å². The van der Waals surface area contributed by atoms with Crippen LogP contribution < -0.4 is 0 Å².